The maximum Gasteiger partial charge on any atom is 0.251 e. The zero-order chi connectivity index (χ0) is 11.5. The standard InChI is InChI=1S/C13H16N2O/c1-3-14-12-8-10(5-4-9(12)2)13(16)15-11-6-7-11/h3-5,8,11H,6-7H2,1-2H3,(H,15,16)/b14-3-. The van der Waals surface area contributed by atoms with Crippen LogP contribution in [0.2, 0.25) is 0 Å². The Morgan fingerprint density at radius 1 is 1.50 bits per heavy atom. The number of rotatable bonds is 3. The number of aryl methyl sites for hydroxylation is 1. The Kier molecular flexibility index (Phi) is 3.04. The highest BCUT2D eigenvalue weighted by Gasteiger charge is 2.23. The first kappa shape index (κ1) is 10.9. The molecule has 3 nitrogen and oxygen atoms in total. The number of nitrogens with one attached hydrogen (secondary N) is 1. The highest BCUT2D eigenvalue weighted by molar-refractivity contribution is 5.95. The van der Waals surface area contributed by atoms with Gasteiger partial charge >= 0.3 is 0 Å². The molecule has 2 rings (SSSR count). The van der Waals surface area contributed by atoms with Crippen LogP contribution in [0.3, 0.4) is 0 Å². The molecule has 0 radical (unpaired) electrons. The van der Waals surface area contributed by atoms with Crippen molar-refractivity contribution in [3.8, 4) is 0 Å². The van der Waals surface area contributed by atoms with Gasteiger partial charge in [0.15, 0.2) is 0 Å². The van der Waals surface area contributed by atoms with Crippen molar-refractivity contribution in [2.75, 3.05) is 0 Å². The summed E-state index contributed by atoms with van der Waals surface area (Å²) in [5, 5.41) is 2.97. The summed E-state index contributed by atoms with van der Waals surface area (Å²) < 4.78 is 0. The van der Waals surface area contributed by atoms with Crippen LogP contribution in [-0.2, 0) is 0 Å². The van der Waals surface area contributed by atoms with E-state index >= 15 is 0 Å². The number of amides is 1. The van der Waals surface area contributed by atoms with Crippen molar-refractivity contribution in [1.82, 2.24) is 5.32 Å². The van der Waals surface area contributed by atoms with Crippen LogP contribution in [0.5, 0.6) is 0 Å². The lowest BCUT2D eigenvalue weighted by Gasteiger charge is -2.05. The molecule has 0 heterocycles. The molecule has 0 saturated heterocycles. The summed E-state index contributed by atoms with van der Waals surface area (Å²) in [7, 11) is 0. The minimum atomic E-state index is 0.00931. The van der Waals surface area contributed by atoms with Gasteiger partial charge in [-0.05, 0) is 44.4 Å². The molecule has 1 fully saturated rings. The molecule has 1 N–H and O–H groups in total. The first-order valence-corrected chi connectivity index (χ1v) is 5.61. The summed E-state index contributed by atoms with van der Waals surface area (Å²) in [5.74, 6) is 0.00931. The lowest BCUT2D eigenvalue weighted by atomic mass is 10.1. The van der Waals surface area contributed by atoms with Crippen LogP contribution in [0.25, 0.3) is 0 Å². The Balaban J connectivity index is 2.19. The van der Waals surface area contributed by atoms with Crippen molar-refractivity contribution in [2.24, 2.45) is 4.99 Å². The molecule has 0 atom stereocenters. The van der Waals surface area contributed by atoms with Gasteiger partial charge < -0.3 is 5.32 Å². The van der Waals surface area contributed by atoms with Crippen LogP contribution in [0.4, 0.5) is 5.69 Å². The largest absolute Gasteiger partial charge is 0.349 e. The molecule has 1 aliphatic rings. The Labute approximate surface area is 95.6 Å². The van der Waals surface area contributed by atoms with Gasteiger partial charge in [0.2, 0.25) is 0 Å². The lowest BCUT2D eigenvalue weighted by molar-refractivity contribution is 0.0951. The highest BCUT2D eigenvalue weighted by Crippen LogP contribution is 2.22. The van der Waals surface area contributed by atoms with Gasteiger partial charge in [-0.25, -0.2) is 0 Å². The molecule has 0 aromatic heterocycles. The van der Waals surface area contributed by atoms with Gasteiger partial charge in [-0.3, -0.25) is 9.79 Å². The first-order valence-electron chi connectivity index (χ1n) is 5.61. The monoisotopic (exact) mass is 216 g/mol. The fourth-order valence-electron chi connectivity index (χ4n) is 1.53. The summed E-state index contributed by atoms with van der Waals surface area (Å²) >= 11 is 0. The fourth-order valence-corrected chi connectivity index (χ4v) is 1.53. The summed E-state index contributed by atoms with van der Waals surface area (Å²) in [6.07, 6.45) is 3.96. The van der Waals surface area contributed by atoms with Crippen LogP contribution in [-0.4, -0.2) is 18.2 Å². The molecular formula is C13H16N2O. The van der Waals surface area contributed by atoms with Gasteiger partial charge in [0.05, 0.1) is 5.69 Å². The van der Waals surface area contributed by atoms with Crippen molar-refractivity contribution >= 4 is 17.8 Å². The topological polar surface area (TPSA) is 41.5 Å². The maximum absolute atomic E-state index is 11.8. The quantitative estimate of drug-likeness (QED) is 0.775. The van der Waals surface area contributed by atoms with Crippen molar-refractivity contribution < 1.29 is 4.79 Å². The molecule has 1 aromatic rings. The number of aliphatic imine (C=N–C) groups is 1. The van der Waals surface area contributed by atoms with Gasteiger partial charge in [-0.2, -0.15) is 0 Å². The van der Waals surface area contributed by atoms with Gasteiger partial charge in [-0.15, -0.1) is 0 Å². The third-order valence-corrected chi connectivity index (χ3v) is 2.65. The zero-order valence-electron chi connectivity index (χ0n) is 9.66. The van der Waals surface area contributed by atoms with Crippen LogP contribution >= 0.6 is 0 Å². The Morgan fingerprint density at radius 3 is 2.88 bits per heavy atom. The third kappa shape index (κ3) is 2.48. The minimum absolute atomic E-state index is 0.00931. The molecule has 3 heteroatoms. The van der Waals surface area contributed by atoms with E-state index < -0.39 is 0 Å². The van der Waals surface area contributed by atoms with E-state index in [1.54, 1.807) is 6.21 Å². The van der Waals surface area contributed by atoms with E-state index in [9.17, 15) is 4.79 Å². The zero-order valence-corrected chi connectivity index (χ0v) is 9.66. The molecule has 1 aromatic carbocycles. The van der Waals surface area contributed by atoms with E-state index in [0.717, 1.165) is 24.1 Å². The third-order valence-electron chi connectivity index (χ3n) is 2.65. The predicted molar refractivity (Wildman–Crippen MR) is 65.5 cm³/mol. The second kappa shape index (κ2) is 4.47. The van der Waals surface area contributed by atoms with Gasteiger partial charge in [0.1, 0.15) is 0 Å². The van der Waals surface area contributed by atoms with Gasteiger partial charge in [0.25, 0.3) is 5.91 Å². The molecule has 1 aliphatic carbocycles. The van der Waals surface area contributed by atoms with E-state index in [2.05, 4.69) is 10.3 Å². The molecule has 1 amide bonds. The fraction of sp³-hybridized carbons (Fsp3) is 0.385. The smallest absolute Gasteiger partial charge is 0.251 e. The Hall–Kier alpha value is -1.64. The van der Waals surface area contributed by atoms with Crippen LogP contribution in [0, 0.1) is 6.92 Å². The van der Waals surface area contributed by atoms with Crippen molar-refractivity contribution in [3.63, 3.8) is 0 Å². The van der Waals surface area contributed by atoms with Gasteiger partial charge in [-0.1, -0.05) is 6.07 Å². The van der Waals surface area contributed by atoms with E-state index in [1.807, 2.05) is 32.0 Å². The summed E-state index contributed by atoms with van der Waals surface area (Å²) in [4.78, 5) is 16.0. The molecular weight excluding hydrogens is 200 g/mol. The summed E-state index contributed by atoms with van der Waals surface area (Å²) in [5.41, 5.74) is 2.64. The SMILES string of the molecule is C/C=N\c1cc(C(=O)NC2CC2)ccc1C. The number of nitrogens with zero attached hydrogens (tertiary/aromatic N) is 1. The number of hydrogen-bond donors (Lipinski definition) is 1. The van der Waals surface area contributed by atoms with Gasteiger partial charge in [0, 0.05) is 17.8 Å². The van der Waals surface area contributed by atoms with E-state index in [4.69, 9.17) is 0 Å². The highest BCUT2D eigenvalue weighted by atomic mass is 16.1. The van der Waals surface area contributed by atoms with E-state index in [1.165, 1.54) is 0 Å². The average molecular weight is 216 g/mol. The second-order valence-electron chi connectivity index (χ2n) is 4.14. The number of carbonyl (C=O) groups is 1. The number of carbonyl (C=O) groups excluding carboxylic acids is 1. The van der Waals surface area contributed by atoms with Crippen molar-refractivity contribution in [2.45, 2.75) is 32.7 Å². The minimum Gasteiger partial charge on any atom is -0.349 e. The van der Waals surface area contributed by atoms with Crippen LogP contribution in [0.1, 0.15) is 35.7 Å². The Bertz CT molecular complexity index is 434. The molecule has 0 spiro atoms. The molecule has 0 unspecified atom stereocenters. The average Bonchev–Trinajstić information content (AvgIpc) is 3.05. The van der Waals surface area contributed by atoms with Crippen molar-refractivity contribution in [1.29, 1.82) is 0 Å². The predicted octanol–water partition coefficient (Wildman–Crippen LogP) is 2.61. The first-order chi connectivity index (χ1) is 7.70. The molecule has 16 heavy (non-hydrogen) atoms. The maximum atomic E-state index is 11.8. The number of benzene rings is 1. The normalized spacial score (nSPS) is 15.4. The molecule has 0 bridgehead atoms. The number of hydrogen-bond acceptors (Lipinski definition) is 2. The molecule has 0 aliphatic heterocycles. The van der Waals surface area contributed by atoms with E-state index in [0.29, 0.717) is 11.6 Å². The van der Waals surface area contributed by atoms with E-state index in [-0.39, 0.29) is 5.91 Å². The summed E-state index contributed by atoms with van der Waals surface area (Å²) in [6.45, 7) is 3.86. The lowest BCUT2D eigenvalue weighted by Crippen LogP contribution is -2.25. The second-order valence-corrected chi connectivity index (χ2v) is 4.14. The molecule has 84 valence electrons. The summed E-state index contributed by atoms with van der Waals surface area (Å²) in [6, 6.07) is 6.02. The van der Waals surface area contributed by atoms with Crippen LogP contribution < -0.4 is 5.32 Å². The van der Waals surface area contributed by atoms with Crippen LogP contribution in [0.15, 0.2) is 23.2 Å². The molecule has 1 saturated carbocycles. The Morgan fingerprint density at radius 2 is 2.25 bits per heavy atom. The van der Waals surface area contributed by atoms with Crippen molar-refractivity contribution in [3.05, 3.63) is 29.3 Å².